The number of amides is 1. The van der Waals surface area contributed by atoms with E-state index in [2.05, 4.69) is 20.8 Å². The fourth-order valence-electron chi connectivity index (χ4n) is 3.13. The molecule has 0 aliphatic carbocycles. The second kappa shape index (κ2) is 6.50. The molecule has 0 spiro atoms. The third-order valence-electron chi connectivity index (χ3n) is 4.64. The van der Waals surface area contributed by atoms with Crippen molar-refractivity contribution in [1.82, 2.24) is 4.90 Å². The molecule has 1 heterocycles. The summed E-state index contributed by atoms with van der Waals surface area (Å²) in [6.07, 6.45) is 3.96. The average Bonchev–Trinajstić information content (AvgIpc) is 2.67. The number of anilines is 1. The van der Waals surface area contributed by atoms with Gasteiger partial charge in [0.2, 0.25) is 5.91 Å². The van der Waals surface area contributed by atoms with Gasteiger partial charge in [-0.1, -0.05) is 32.9 Å². The summed E-state index contributed by atoms with van der Waals surface area (Å²) in [7, 11) is 0. The van der Waals surface area contributed by atoms with E-state index in [0.717, 1.165) is 37.2 Å². The number of hydrogen-bond donors (Lipinski definition) is 1. The molecule has 3 nitrogen and oxygen atoms in total. The maximum absolute atomic E-state index is 12.5. The molecule has 1 saturated heterocycles. The number of carbonyl (C=O) groups is 1. The molecule has 3 heteroatoms. The first-order valence-corrected chi connectivity index (χ1v) is 7.98. The summed E-state index contributed by atoms with van der Waals surface area (Å²) in [6, 6.07) is 7.62. The molecule has 0 radical (unpaired) electrons. The lowest BCUT2D eigenvalue weighted by molar-refractivity contribution is -0.130. The summed E-state index contributed by atoms with van der Waals surface area (Å²) in [5.41, 5.74) is 7.82. The molecular weight excluding hydrogens is 260 g/mol. The topological polar surface area (TPSA) is 46.3 Å². The number of benzene rings is 1. The summed E-state index contributed by atoms with van der Waals surface area (Å²) in [6.45, 7) is 8.73. The van der Waals surface area contributed by atoms with E-state index in [-0.39, 0.29) is 5.91 Å². The van der Waals surface area contributed by atoms with Crippen molar-refractivity contribution >= 4 is 11.6 Å². The summed E-state index contributed by atoms with van der Waals surface area (Å²) < 4.78 is 0. The normalized spacial score (nSPS) is 20.1. The summed E-state index contributed by atoms with van der Waals surface area (Å²) in [5.74, 6) is 0.959. The number of likely N-dealkylation sites (tertiary alicyclic amines) is 1. The minimum absolute atomic E-state index is 0.245. The molecular formula is C18H28N2O. The van der Waals surface area contributed by atoms with E-state index < -0.39 is 0 Å². The van der Waals surface area contributed by atoms with Gasteiger partial charge in [0.1, 0.15) is 0 Å². The number of hydrogen-bond acceptors (Lipinski definition) is 2. The molecule has 0 aromatic heterocycles. The Morgan fingerprint density at radius 3 is 2.48 bits per heavy atom. The van der Waals surface area contributed by atoms with Gasteiger partial charge < -0.3 is 10.6 Å². The van der Waals surface area contributed by atoms with Gasteiger partial charge in [0.05, 0.1) is 6.42 Å². The van der Waals surface area contributed by atoms with Crippen molar-refractivity contribution in [2.24, 2.45) is 11.3 Å². The molecule has 1 aromatic rings. The van der Waals surface area contributed by atoms with Crippen molar-refractivity contribution in [3.05, 3.63) is 29.8 Å². The molecule has 1 atom stereocenters. The average molecular weight is 288 g/mol. The van der Waals surface area contributed by atoms with Crippen LogP contribution in [0.3, 0.4) is 0 Å². The van der Waals surface area contributed by atoms with E-state index >= 15 is 0 Å². The molecule has 21 heavy (non-hydrogen) atoms. The lowest BCUT2D eigenvalue weighted by atomic mass is 9.77. The fourth-order valence-corrected chi connectivity index (χ4v) is 3.13. The lowest BCUT2D eigenvalue weighted by Gasteiger charge is -2.29. The third kappa shape index (κ3) is 4.48. The molecule has 1 amide bonds. The maximum Gasteiger partial charge on any atom is 0.226 e. The largest absolute Gasteiger partial charge is 0.399 e. The number of nitrogens with zero attached hydrogens (tertiary/aromatic N) is 1. The second-order valence-corrected chi connectivity index (χ2v) is 7.29. The van der Waals surface area contributed by atoms with Gasteiger partial charge in [-0.3, -0.25) is 4.79 Å². The van der Waals surface area contributed by atoms with Crippen LogP contribution in [0.25, 0.3) is 0 Å². The van der Waals surface area contributed by atoms with E-state index in [9.17, 15) is 4.79 Å². The number of nitrogens with two attached hydrogens (primary N) is 1. The van der Waals surface area contributed by atoms with E-state index in [0.29, 0.717) is 17.8 Å². The fraction of sp³-hybridized carbons (Fsp3) is 0.611. The first-order chi connectivity index (χ1) is 9.86. The van der Waals surface area contributed by atoms with E-state index in [4.69, 9.17) is 5.73 Å². The van der Waals surface area contributed by atoms with Gasteiger partial charge in [-0.2, -0.15) is 0 Å². The van der Waals surface area contributed by atoms with Crippen LogP contribution < -0.4 is 5.73 Å². The zero-order valence-electron chi connectivity index (χ0n) is 13.6. The lowest BCUT2D eigenvalue weighted by Crippen LogP contribution is -2.33. The first kappa shape index (κ1) is 15.9. The zero-order valence-corrected chi connectivity index (χ0v) is 13.6. The predicted octanol–water partition coefficient (Wildman–Crippen LogP) is 3.49. The standard InChI is InChI=1S/C18H28N2O/c1-18(2,3)15-5-4-11-20(12-10-15)17(21)13-14-6-8-16(19)9-7-14/h6-9,15H,4-5,10-13,19H2,1-3H3. The number of rotatable bonds is 2. The van der Waals surface area contributed by atoms with E-state index in [1.54, 1.807) is 0 Å². The molecule has 2 N–H and O–H groups in total. The zero-order chi connectivity index (χ0) is 15.5. The summed E-state index contributed by atoms with van der Waals surface area (Å²) in [5, 5.41) is 0. The molecule has 0 bridgehead atoms. The van der Waals surface area contributed by atoms with Gasteiger partial charge in [-0.15, -0.1) is 0 Å². The van der Waals surface area contributed by atoms with Crippen molar-refractivity contribution in [2.45, 2.75) is 46.5 Å². The van der Waals surface area contributed by atoms with Crippen molar-refractivity contribution in [3.63, 3.8) is 0 Å². The Morgan fingerprint density at radius 1 is 1.19 bits per heavy atom. The van der Waals surface area contributed by atoms with Crippen LogP contribution in [0.1, 0.15) is 45.6 Å². The number of nitrogen functional groups attached to an aromatic ring is 1. The van der Waals surface area contributed by atoms with E-state index in [1.165, 1.54) is 6.42 Å². The van der Waals surface area contributed by atoms with Crippen molar-refractivity contribution in [3.8, 4) is 0 Å². The second-order valence-electron chi connectivity index (χ2n) is 7.29. The maximum atomic E-state index is 12.5. The van der Waals surface area contributed by atoms with Crippen LogP contribution in [0.2, 0.25) is 0 Å². The van der Waals surface area contributed by atoms with Gasteiger partial charge in [0, 0.05) is 18.8 Å². The Hall–Kier alpha value is -1.51. The van der Waals surface area contributed by atoms with E-state index in [1.807, 2.05) is 29.2 Å². The van der Waals surface area contributed by atoms with Crippen LogP contribution in [-0.2, 0) is 11.2 Å². The Kier molecular flexibility index (Phi) is 4.92. The third-order valence-corrected chi connectivity index (χ3v) is 4.64. The molecule has 2 rings (SSSR count). The Bertz CT molecular complexity index is 473. The number of carbonyl (C=O) groups excluding carboxylic acids is 1. The van der Waals surface area contributed by atoms with Gasteiger partial charge in [-0.05, 0) is 48.3 Å². The van der Waals surface area contributed by atoms with Gasteiger partial charge >= 0.3 is 0 Å². The summed E-state index contributed by atoms with van der Waals surface area (Å²) in [4.78, 5) is 14.5. The van der Waals surface area contributed by atoms with Crippen LogP contribution in [0.15, 0.2) is 24.3 Å². The first-order valence-electron chi connectivity index (χ1n) is 7.98. The molecule has 1 fully saturated rings. The van der Waals surface area contributed by atoms with Crippen molar-refractivity contribution in [1.29, 1.82) is 0 Å². The molecule has 1 unspecified atom stereocenters. The SMILES string of the molecule is CC(C)(C)C1CCCN(C(=O)Cc2ccc(N)cc2)CC1. The molecule has 1 aliphatic rings. The molecule has 1 aromatic carbocycles. The minimum Gasteiger partial charge on any atom is -0.399 e. The highest BCUT2D eigenvalue weighted by molar-refractivity contribution is 5.78. The highest BCUT2D eigenvalue weighted by Crippen LogP contribution is 2.34. The monoisotopic (exact) mass is 288 g/mol. The van der Waals surface area contributed by atoms with Gasteiger partial charge in [-0.25, -0.2) is 0 Å². The Labute approximate surface area is 128 Å². The van der Waals surface area contributed by atoms with Gasteiger partial charge in [0.15, 0.2) is 0 Å². The molecule has 116 valence electrons. The van der Waals surface area contributed by atoms with Crippen LogP contribution >= 0.6 is 0 Å². The Morgan fingerprint density at radius 2 is 1.86 bits per heavy atom. The van der Waals surface area contributed by atoms with Crippen LogP contribution in [0.5, 0.6) is 0 Å². The van der Waals surface area contributed by atoms with Crippen molar-refractivity contribution in [2.75, 3.05) is 18.8 Å². The van der Waals surface area contributed by atoms with Crippen molar-refractivity contribution < 1.29 is 4.79 Å². The van der Waals surface area contributed by atoms with Gasteiger partial charge in [0.25, 0.3) is 0 Å². The highest BCUT2D eigenvalue weighted by Gasteiger charge is 2.28. The summed E-state index contributed by atoms with van der Waals surface area (Å²) >= 11 is 0. The highest BCUT2D eigenvalue weighted by atomic mass is 16.2. The smallest absolute Gasteiger partial charge is 0.226 e. The molecule has 0 saturated carbocycles. The minimum atomic E-state index is 0.245. The molecule has 1 aliphatic heterocycles. The quantitative estimate of drug-likeness (QED) is 0.847. The van der Waals surface area contributed by atoms with Crippen LogP contribution in [0, 0.1) is 11.3 Å². The van der Waals surface area contributed by atoms with Crippen LogP contribution in [-0.4, -0.2) is 23.9 Å². The Balaban J connectivity index is 1.92. The van der Waals surface area contributed by atoms with Crippen LogP contribution in [0.4, 0.5) is 5.69 Å². The predicted molar refractivity (Wildman–Crippen MR) is 87.9 cm³/mol.